The van der Waals surface area contributed by atoms with E-state index in [4.69, 9.17) is 4.42 Å². The predicted octanol–water partition coefficient (Wildman–Crippen LogP) is 3.58. The van der Waals surface area contributed by atoms with Gasteiger partial charge in [-0.05, 0) is 62.7 Å². The minimum absolute atomic E-state index is 0.0580. The molecule has 8 heteroatoms. The van der Waals surface area contributed by atoms with E-state index in [1.165, 1.54) is 0 Å². The number of hydrogen-bond donors (Lipinski definition) is 1. The molecule has 0 bridgehead atoms. The summed E-state index contributed by atoms with van der Waals surface area (Å²) in [6.07, 6.45) is 1.61. The first kappa shape index (κ1) is 23.3. The van der Waals surface area contributed by atoms with Crippen molar-refractivity contribution in [1.29, 1.82) is 5.26 Å². The minimum atomic E-state index is -0.144. The summed E-state index contributed by atoms with van der Waals surface area (Å²) in [7, 11) is 0. The standard InChI is InChI=1S/C26H29N5O3/c1-18-19(2)31(16-23-5-4-14-34-23)26(24(18)15-27)28-25(33)17-29-10-12-30(13-11-29)22-8-6-21(7-9-22)20(3)32/h4-9,14H,10-13,16-17H2,1-3H3,(H,28,33). The lowest BCUT2D eigenvalue weighted by molar-refractivity contribution is -0.117. The van der Waals surface area contributed by atoms with Crippen molar-refractivity contribution >= 4 is 23.2 Å². The van der Waals surface area contributed by atoms with Crippen molar-refractivity contribution < 1.29 is 14.0 Å². The van der Waals surface area contributed by atoms with Gasteiger partial charge in [-0.1, -0.05) is 0 Å². The number of ketones is 1. The molecule has 1 aliphatic heterocycles. The summed E-state index contributed by atoms with van der Waals surface area (Å²) in [5.41, 5.74) is 4.05. The molecule has 8 nitrogen and oxygen atoms in total. The van der Waals surface area contributed by atoms with Crippen molar-refractivity contribution in [2.45, 2.75) is 27.3 Å². The number of rotatable bonds is 7. The molecule has 0 radical (unpaired) electrons. The second-order valence-electron chi connectivity index (χ2n) is 8.63. The first-order chi connectivity index (χ1) is 16.4. The zero-order valence-corrected chi connectivity index (χ0v) is 19.8. The first-order valence-electron chi connectivity index (χ1n) is 11.4. The molecule has 1 fully saturated rings. The summed E-state index contributed by atoms with van der Waals surface area (Å²) >= 11 is 0. The molecule has 1 N–H and O–H groups in total. The lowest BCUT2D eigenvalue weighted by atomic mass is 10.1. The van der Waals surface area contributed by atoms with E-state index in [0.717, 1.165) is 48.9 Å². The van der Waals surface area contributed by atoms with Crippen molar-refractivity contribution in [3.8, 4) is 6.07 Å². The SMILES string of the molecule is CC(=O)c1ccc(N2CCN(CC(=O)Nc3c(C#N)c(C)c(C)n3Cc3ccco3)CC2)cc1. The zero-order valence-electron chi connectivity index (χ0n) is 19.8. The Hall–Kier alpha value is -3.83. The van der Waals surface area contributed by atoms with E-state index < -0.39 is 0 Å². The molecule has 0 saturated carbocycles. The van der Waals surface area contributed by atoms with Crippen LogP contribution in [-0.4, -0.2) is 53.9 Å². The maximum Gasteiger partial charge on any atom is 0.239 e. The monoisotopic (exact) mass is 459 g/mol. The van der Waals surface area contributed by atoms with E-state index in [-0.39, 0.29) is 18.2 Å². The van der Waals surface area contributed by atoms with Gasteiger partial charge in [0.25, 0.3) is 0 Å². The first-order valence-corrected chi connectivity index (χ1v) is 11.4. The molecule has 0 aliphatic carbocycles. The molecule has 1 saturated heterocycles. The molecule has 2 aromatic heterocycles. The van der Waals surface area contributed by atoms with Crippen molar-refractivity contribution in [1.82, 2.24) is 9.47 Å². The van der Waals surface area contributed by atoms with Gasteiger partial charge in [-0.25, -0.2) is 0 Å². The highest BCUT2D eigenvalue weighted by Crippen LogP contribution is 2.27. The van der Waals surface area contributed by atoms with E-state index in [0.29, 0.717) is 23.5 Å². The minimum Gasteiger partial charge on any atom is -0.467 e. The smallest absolute Gasteiger partial charge is 0.239 e. The summed E-state index contributed by atoms with van der Waals surface area (Å²) in [5.74, 6) is 1.19. The largest absolute Gasteiger partial charge is 0.467 e. The van der Waals surface area contributed by atoms with Crippen LogP contribution in [0.5, 0.6) is 0 Å². The molecular weight excluding hydrogens is 430 g/mol. The Balaban J connectivity index is 1.38. The van der Waals surface area contributed by atoms with Gasteiger partial charge in [0.15, 0.2) is 5.78 Å². The molecule has 0 atom stereocenters. The third kappa shape index (κ3) is 4.90. The number of piperazine rings is 1. The highest BCUT2D eigenvalue weighted by Gasteiger charge is 2.23. The topological polar surface area (TPSA) is 94.5 Å². The number of carbonyl (C=O) groups excluding carboxylic acids is 2. The van der Waals surface area contributed by atoms with Crippen LogP contribution in [0.2, 0.25) is 0 Å². The lowest BCUT2D eigenvalue weighted by Gasteiger charge is -2.35. The van der Waals surface area contributed by atoms with Crippen LogP contribution >= 0.6 is 0 Å². The molecule has 0 spiro atoms. The molecule has 1 aromatic carbocycles. The van der Waals surface area contributed by atoms with Crippen LogP contribution in [0.15, 0.2) is 47.1 Å². The third-order valence-corrected chi connectivity index (χ3v) is 6.47. The number of nitriles is 1. The molecule has 0 unspecified atom stereocenters. The summed E-state index contributed by atoms with van der Waals surface area (Å²) in [6.45, 7) is 9.18. The van der Waals surface area contributed by atoms with Crippen LogP contribution < -0.4 is 10.2 Å². The van der Waals surface area contributed by atoms with Gasteiger partial charge >= 0.3 is 0 Å². The van der Waals surface area contributed by atoms with Crippen molar-refractivity contribution in [2.75, 3.05) is 42.9 Å². The fraction of sp³-hybridized carbons (Fsp3) is 0.346. The van der Waals surface area contributed by atoms with Crippen LogP contribution in [0.4, 0.5) is 11.5 Å². The molecule has 1 amide bonds. The maximum atomic E-state index is 12.9. The fourth-order valence-corrected chi connectivity index (χ4v) is 4.33. The summed E-state index contributed by atoms with van der Waals surface area (Å²) in [4.78, 5) is 28.8. The Morgan fingerprint density at radius 2 is 1.79 bits per heavy atom. The average molecular weight is 460 g/mol. The van der Waals surface area contributed by atoms with Gasteiger partial charge in [-0.3, -0.25) is 14.5 Å². The van der Waals surface area contributed by atoms with E-state index >= 15 is 0 Å². The lowest BCUT2D eigenvalue weighted by Crippen LogP contribution is -2.48. The van der Waals surface area contributed by atoms with Crippen LogP contribution in [0.3, 0.4) is 0 Å². The second-order valence-corrected chi connectivity index (χ2v) is 8.63. The molecular formula is C26H29N5O3. The van der Waals surface area contributed by atoms with Crippen LogP contribution in [-0.2, 0) is 11.3 Å². The predicted molar refractivity (Wildman–Crippen MR) is 130 cm³/mol. The number of carbonyl (C=O) groups is 2. The normalized spacial score (nSPS) is 14.1. The highest BCUT2D eigenvalue weighted by molar-refractivity contribution is 5.94. The Bertz CT molecular complexity index is 1210. The number of amides is 1. The van der Waals surface area contributed by atoms with E-state index in [2.05, 4.69) is 21.2 Å². The second kappa shape index (κ2) is 9.98. The van der Waals surface area contributed by atoms with E-state index in [9.17, 15) is 14.9 Å². The van der Waals surface area contributed by atoms with Gasteiger partial charge in [0.05, 0.1) is 24.9 Å². The van der Waals surface area contributed by atoms with Gasteiger partial charge in [0.2, 0.25) is 5.91 Å². The molecule has 176 valence electrons. The Morgan fingerprint density at radius 3 is 2.38 bits per heavy atom. The maximum absolute atomic E-state index is 12.9. The number of aromatic nitrogens is 1. The number of nitrogens with one attached hydrogen (secondary N) is 1. The van der Waals surface area contributed by atoms with Crippen LogP contribution in [0, 0.1) is 25.2 Å². The summed E-state index contributed by atoms with van der Waals surface area (Å²) in [6, 6.07) is 13.6. The Morgan fingerprint density at radius 1 is 1.09 bits per heavy atom. The van der Waals surface area contributed by atoms with Crippen LogP contribution in [0.1, 0.15) is 39.9 Å². The van der Waals surface area contributed by atoms with Gasteiger partial charge in [-0.2, -0.15) is 5.26 Å². The average Bonchev–Trinajstić information content (AvgIpc) is 3.42. The van der Waals surface area contributed by atoms with E-state index in [1.807, 2.05) is 54.8 Å². The van der Waals surface area contributed by atoms with Gasteiger partial charge in [-0.15, -0.1) is 0 Å². The third-order valence-electron chi connectivity index (χ3n) is 6.47. The number of hydrogen-bond acceptors (Lipinski definition) is 6. The number of anilines is 2. The molecule has 1 aliphatic rings. The fourth-order valence-electron chi connectivity index (χ4n) is 4.33. The number of furan rings is 1. The Labute approximate surface area is 199 Å². The van der Waals surface area contributed by atoms with Crippen molar-refractivity contribution in [3.05, 3.63) is 70.8 Å². The van der Waals surface area contributed by atoms with Crippen molar-refractivity contribution in [2.24, 2.45) is 0 Å². The van der Waals surface area contributed by atoms with Gasteiger partial charge in [0.1, 0.15) is 17.6 Å². The molecule has 4 rings (SSSR count). The highest BCUT2D eigenvalue weighted by atomic mass is 16.3. The van der Waals surface area contributed by atoms with Gasteiger partial charge in [0, 0.05) is 43.1 Å². The number of nitrogens with zero attached hydrogens (tertiary/aromatic N) is 4. The summed E-state index contributed by atoms with van der Waals surface area (Å²) < 4.78 is 7.40. The van der Waals surface area contributed by atoms with Crippen LogP contribution in [0.25, 0.3) is 0 Å². The van der Waals surface area contributed by atoms with E-state index in [1.54, 1.807) is 13.2 Å². The Kier molecular flexibility index (Phi) is 6.85. The zero-order chi connectivity index (χ0) is 24.2. The number of benzene rings is 1. The van der Waals surface area contributed by atoms with Gasteiger partial charge < -0.3 is 19.2 Å². The quantitative estimate of drug-likeness (QED) is 0.543. The molecule has 34 heavy (non-hydrogen) atoms. The summed E-state index contributed by atoms with van der Waals surface area (Å²) in [5, 5.41) is 12.7. The molecule has 3 heterocycles. The number of Topliss-reactive ketones (excluding diaryl/α,β-unsaturated/α-hetero) is 1. The van der Waals surface area contributed by atoms with Crippen molar-refractivity contribution in [3.63, 3.8) is 0 Å². The molecule has 3 aromatic rings.